The number of ether oxygens (including phenoxy) is 1. The molecule has 0 amide bonds. The van der Waals surface area contributed by atoms with Gasteiger partial charge in [-0.05, 0) is 12.8 Å². The van der Waals surface area contributed by atoms with Crippen molar-refractivity contribution in [3.05, 3.63) is 26.2 Å². The molecule has 0 rings (SSSR count). The Morgan fingerprint density at radius 1 is 0.889 bits per heavy atom. The topological polar surface area (TPSA) is 26.3 Å². The van der Waals surface area contributed by atoms with Crippen LogP contribution in [0.1, 0.15) is 70.6 Å². The summed E-state index contributed by atoms with van der Waals surface area (Å²) in [5, 5.41) is 0. The Kier molecular flexibility index (Phi) is 13.6. The van der Waals surface area contributed by atoms with Crippen LogP contribution in [0.4, 0.5) is 0 Å². The van der Waals surface area contributed by atoms with E-state index in [1.54, 1.807) is 6.61 Å². The van der Waals surface area contributed by atoms with Crippen LogP contribution in [0.2, 0.25) is 0 Å². The van der Waals surface area contributed by atoms with Gasteiger partial charge in [-0.2, -0.15) is 0 Å². The first-order valence-electron chi connectivity index (χ1n) is 7.25. The average Bonchev–Trinajstić information content (AvgIpc) is 2.39. The molecule has 0 unspecified atom stereocenters. The summed E-state index contributed by atoms with van der Waals surface area (Å²) in [6.07, 6.45) is 14.8. The van der Waals surface area contributed by atoms with E-state index in [0.717, 1.165) is 19.3 Å². The maximum atomic E-state index is 10.7. The third-order valence-electron chi connectivity index (χ3n) is 2.94. The molecule has 2 heteroatoms. The average molecular weight is 252 g/mol. The largest absolute Gasteiger partial charge is 0.455 e. The predicted molar refractivity (Wildman–Crippen MR) is 76.7 cm³/mol. The molecule has 0 aliphatic heterocycles. The number of rotatable bonds is 13. The van der Waals surface area contributed by atoms with Gasteiger partial charge in [-0.1, -0.05) is 71.3 Å². The van der Waals surface area contributed by atoms with E-state index in [9.17, 15) is 4.79 Å². The maximum absolute atomic E-state index is 10.7. The third kappa shape index (κ3) is 13.3. The van der Waals surface area contributed by atoms with Crippen molar-refractivity contribution in [2.75, 3.05) is 0 Å². The first-order chi connectivity index (χ1) is 8.81. The molecule has 0 aliphatic rings. The van der Waals surface area contributed by atoms with Gasteiger partial charge in [0, 0.05) is 6.08 Å². The van der Waals surface area contributed by atoms with Gasteiger partial charge >= 0.3 is 5.97 Å². The van der Waals surface area contributed by atoms with Crippen molar-refractivity contribution < 1.29 is 9.53 Å². The summed E-state index contributed by atoms with van der Waals surface area (Å²) in [7, 11) is 0. The summed E-state index contributed by atoms with van der Waals surface area (Å²) in [4.78, 5) is 10.7. The molecule has 0 atom stereocenters. The molecule has 2 nitrogen and oxygen atoms in total. The summed E-state index contributed by atoms with van der Waals surface area (Å²) in [5.74, 6) is -0.364. The first kappa shape index (κ1) is 17.2. The molecule has 0 heterocycles. The first-order valence-corrected chi connectivity index (χ1v) is 7.25. The summed E-state index contributed by atoms with van der Waals surface area (Å²) in [5.41, 5.74) is 0. The van der Waals surface area contributed by atoms with Gasteiger partial charge in [0.2, 0.25) is 0 Å². The third-order valence-corrected chi connectivity index (χ3v) is 2.94. The van der Waals surface area contributed by atoms with Crippen LogP contribution in [0, 0.1) is 13.5 Å². The highest BCUT2D eigenvalue weighted by Crippen LogP contribution is 2.11. The fourth-order valence-electron chi connectivity index (χ4n) is 1.83. The number of hydrogen-bond donors (Lipinski definition) is 0. The SMILES string of the molecule is [CH2]CCCCCCCCCCC[CH]OC(=O)C=C. The van der Waals surface area contributed by atoms with Gasteiger partial charge in [0.05, 0.1) is 0 Å². The fraction of sp³-hybridized carbons (Fsp3) is 0.688. The van der Waals surface area contributed by atoms with E-state index in [4.69, 9.17) is 4.74 Å². The smallest absolute Gasteiger partial charge is 0.330 e. The van der Waals surface area contributed by atoms with Crippen molar-refractivity contribution in [2.45, 2.75) is 70.6 Å². The quantitative estimate of drug-likeness (QED) is 0.262. The van der Waals surface area contributed by atoms with E-state index >= 15 is 0 Å². The van der Waals surface area contributed by atoms with E-state index in [1.807, 2.05) is 0 Å². The minimum atomic E-state index is -0.364. The molecule has 2 radical (unpaired) electrons. The minimum Gasteiger partial charge on any atom is -0.455 e. The molecule has 0 spiro atoms. The fourth-order valence-corrected chi connectivity index (χ4v) is 1.83. The summed E-state index contributed by atoms with van der Waals surface area (Å²) in [6.45, 7) is 8.77. The van der Waals surface area contributed by atoms with Crippen molar-refractivity contribution in [2.24, 2.45) is 0 Å². The summed E-state index contributed by atoms with van der Waals surface area (Å²) in [6, 6.07) is 0. The zero-order chi connectivity index (χ0) is 13.5. The molecule has 0 aromatic carbocycles. The molecular formula is C16H28O2. The van der Waals surface area contributed by atoms with Gasteiger partial charge in [-0.15, -0.1) is 0 Å². The number of carbonyl (C=O) groups is 1. The van der Waals surface area contributed by atoms with Crippen molar-refractivity contribution in [1.29, 1.82) is 0 Å². The molecular weight excluding hydrogens is 224 g/mol. The van der Waals surface area contributed by atoms with Gasteiger partial charge in [0.25, 0.3) is 0 Å². The van der Waals surface area contributed by atoms with Gasteiger partial charge in [-0.25, -0.2) is 4.79 Å². The lowest BCUT2D eigenvalue weighted by Crippen LogP contribution is -1.96. The zero-order valence-corrected chi connectivity index (χ0v) is 11.7. The lowest BCUT2D eigenvalue weighted by atomic mass is 10.1. The minimum absolute atomic E-state index is 0.364. The van der Waals surface area contributed by atoms with Crippen molar-refractivity contribution >= 4 is 5.97 Å². The Labute approximate surface area is 113 Å². The van der Waals surface area contributed by atoms with Crippen LogP contribution in [-0.4, -0.2) is 5.97 Å². The Hall–Kier alpha value is -0.790. The molecule has 18 heavy (non-hydrogen) atoms. The van der Waals surface area contributed by atoms with E-state index < -0.39 is 0 Å². The van der Waals surface area contributed by atoms with Gasteiger partial charge in [0.15, 0.2) is 0 Å². The van der Waals surface area contributed by atoms with Crippen LogP contribution in [0.25, 0.3) is 0 Å². The van der Waals surface area contributed by atoms with Crippen LogP contribution in [0.3, 0.4) is 0 Å². The van der Waals surface area contributed by atoms with Crippen LogP contribution in [-0.2, 0) is 9.53 Å². The molecule has 0 bridgehead atoms. The van der Waals surface area contributed by atoms with Crippen LogP contribution < -0.4 is 0 Å². The van der Waals surface area contributed by atoms with Crippen LogP contribution >= 0.6 is 0 Å². The Balaban J connectivity index is 2.98. The molecule has 0 N–H and O–H groups in total. The summed E-state index contributed by atoms with van der Waals surface area (Å²) >= 11 is 0. The van der Waals surface area contributed by atoms with E-state index in [-0.39, 0.29) is 5.97 Å². The molecule has 0 saturated heterocycles. The molecule has 0 saturated carbocycles. The number of carbonyl (C=O) groups excluding carboxylic acids is 1. The summed E-state index contributed by atoms with van der Waals surface area (Å²) < 4.78 is 4.79. The molecule has 0 aromatic heterocycles. The lowest BCUT2D eigenvalue weighted by molar-refractivity contribution is -0.134. The second-order valence-electron chi connectivity index (χ2n) is 4.63. The second kappa shape index (κ2) is 14.3. The highest BCUT2D eigenvalue weighted by atomic mass is 16.5. The highest BCUT2D eigenvalue weighted by Gasteiger charge is 1.96. The molecule has 0 aromatic rings. The Morgan fingerprint density at radius 2 is 1.39 bits per heavy atom. The lowest BCUT2D eigenvalue weighted by Gasteiger charge is -2.02. The Bertz CT molecular complexity index is 199. The Morgan fingerprint density at radius 3 is 1.89 bits per heavy atom. The highest BCUT2D eigenvalue weighted by molar-refractivity contribution is 5.81. The number of esters is 1. The van der Waals surface area contributed by atoms with E-state index in [0.29, 0.717) is 0 Å². The van der Waals surface area contributed by atoms with E-state index in [2.05, 4.69) is 13.5 Å². The van der Waals surface area contributed by atoms with Crippen molar-refractivity contribution in [3.63, 3.8) is 0 Å². The predicted octanol–water partition coefficient (Wildman–Crippen LogP) is 5.00. The van der Waals surface area contributed by atoms with E-state index in [1.165, 1.54) is 57.4 Å². The van der Waals surface area contributed by atoms with Crippen LogP contribution in [0.5, 0.6) is 0 Å². The van der Waals surface area contributed by atoms with Gasteiger partial charge in [0.1, 0.15) is 6.61 Å². The van der Waals surface area contributed by atoms with Gasteiger partial charge < -0.3 is 4.74 Å². The van der Waals surface area contributed by atoms with Crippen LogP contribution in [0.15, 0.2) is 12.7 Å². The molecule has 0 fully saturated rings. The standard InChI is InChI=1S/C16H28O2/c1-3-5-6-7-8-9-10-11-12-13-14-15-18-16(17)4-2/h4,15H,1-3,5-14H2. The zero-order valence-electron chi connectivity index (χ0n) is 11.7. The van der Waals surface area contributed by atoms with Crippen molar-refractivity contribution in [1.82, 2.24) is 0 Å². The molecule has 104 valence electrons. The monoisotopic (exact) mass is 252 g/mol. The number of hydrogen-bond acceptors (Lipinski definition) is 2. The van der Waals surface area contributed by atoms with Crippen molar-refractivity contribution in [3.8, 4) is 0 Å². The molecule has 0 aliphatic carbocycles. The second-order valence-corrected chi connectivity index (χ2v) is 4.63. The number of unbranched alkanes of at least 4 members (excludes halogenated alkanes) is 10. The maximum Gasteiger partial charge on any atom is 0.330 e. The normalized spacial score (nSPS) is 10.3. The van der Waals surface area contributed by atoms with Gasteiger partial charge in [-0.3, -0.25) is 0 Å².